The van der Waals surface area contributed by atoms with Gasteiger partial charge in [0.2, 0.25) is 5.88 Å². The highest BCUT2D eigenvalue weighted by Gasteiger charge is 2.08. The van der Waals surface area contributed by atoms with Crippen LogP contribution in [0.4, 0.5) is 0 Å². The van der Waals surface area contributed by atoms with Gasteiger partial charge in [-0.2, -0.15) is 0 Å². The van der Waals surface area contributed by atoms with Crippen molar-refractivity contribution in [1.82, 2.24) is 15.6 Å². The minimum Gasteiger partial charge on any atom is -0.493 e. The van der Waals surface area contributed by atoms with E-state index >= 15 is 0 Å². The summed E-state index contributed by atoms with van der Waals surface area (Å²) in [5, 5.41) is 6.63. The first-order valence-corrected chi connectivity index (χ1v) is 10.6. The number of nitrogens with zero attached hydrogens (tertiary/aromatic N) is 2. The van der Waals surface area contributed by atoms with Crippen molar-refractivity contribution in [3.05, 3.63) is 83.6 Å². The number of hydrogen-bond acceptors (Lipinski definition) is 5. The van der Waals surface area contributed by atoms with Crippen molar-refractivity contribution in [3.8, 4) is 17.4 Å². The number of aliphatic imine (C=N–C) groups is 1. The van der Waals surface area contributed by atoms with E-state index in [0.717, 1.165) is 23.2 Å². The van der Waals surface area contributed by atoms with E-state index in [9.17, 15) is 0 Å². The van der Waals surface area contributed by atoms with Gasteiger partial charge in [-0.05, 0) is 36.2 Å². The zero-order chi connectivity index (χ0) is 22.6. The molecule has 0 fully saturated rings. The third-order valence-corrected chi connectivity index (χ3v) is 4.73. The third kappa shape index (κ3) is 6.63. The molecule has 0 amide bonds. The summed E-state index contributed by atoms with van der Waals surface area (Å²) in [5.41, 5.74) is 3.08. The van der Waals surface area contributed by atoms with Crippen LogP contribution in [-0.2, 0) is 19.7 Å². The van der Waals surface area contributed by atoms with Crippen molar-refractivity contribution < 1.29 is 14.2 Å². The third-order valence-electron chi connectivity index (χ3n) is 4.73. The summed E-state index contributed by atoms with van der Waals surface area (Å²) in [5.74, 6) is 2.71. The summed E-state index contributed by atoms with van der Waals surface area (Å²) in [7, 11) is 3.25. The van der Waals surface area contributed by atoms with Crippen LogP contribution in [0.15, 0.2) is 71.9 Å². The number of guanidine groups is 1. The Morgan fingerprint density at radius 3 is 2.47 bits per heavy atom. The molecular formula is C25H30N4O3. The van der Waals surface area contributed by atoms with Crippen molar-refractivity contribution in [3.63, 3.8) is 0 Å². The lowest BCUT2D eigenvalue weighted by molar-refractivity contribution is 0.290. The van der Waals surface area contributed by atoms with Gasteiger partial charge in [-0.25, -0.2) is 9.98 Å². The average molecular weight is 435 g/mol. The minimum atomic E-state index is 0.471. The van der Waals surface area contributed by atoms with E-state index in [4.69, 9.17) is 14.2 Å². The molecule has 0 spiro atoms. The molecule has 32 heavy (non-hydrogen) atoms. The number of benzene rings is 2. The van der Waals surface area contributed by atoms with Crippen LogP contribution in [0, 0.1) is 0 Å². The molecule has 0 saturated carbocycles. The molecule has 0 unspecified atom stereocenters. The van der Waals surface area contributed by atoms with Gasteiger partial charge >= 0.3 is 0 Å². The number of aromatic nitrogens is 1. The Morgan fingerprint density at radius 2 is 1.72 bits per heavy atom. The summed E-state index contributed by atoms with van der Waals surface area (Å²) in [6.07, 6.45) is 1.74. The number of rotatable bonds is 10. The summed E-state index contributed by atoms with van der Waals surface area (Å²) < 4.78 is 16.6. The molecule has 0 atom stereocenters. The zero-order valence-corrected chi connectivity index (χ0v) is 18.8. The van der Waals surface area contributed by atoms with Crippen LogP contribution in [0.3, 0.4) is 0 Å². The maximum atomic E-state index is 5.95. The predicted octanol–water partition coefficient (Wildman–Crippen LogP) is 3.93. The van der Waals surface area contributed by atoms with Crippen LogP contribution in [0.1, 0.15) is 23.6 Å². The Kier molecular flexibility index (Phi) is 8.74. The van der Waals surface area contributed by atoms with Gasteiger partial charge in [0.05, 0.1) is 20.8 Å². The Morgan fingerprint density at radius 1 is 0.906 bits per heavy atom. The Hall–Kier alpha value is -3.74. The van der Waals surface area contributed by atoms with Crippen molar-refractivity contribution in [1.29, 1.82) is 0 Å². The molecular weight excluding hydrogens is 404 g/mol. The lowest BCUT2D eigenvalue weighted by atomic mass is 10.2. The van der Waals surface area contributed by atoms with E-state index in [0.29, 0.717) is 43.0 Å². The zero-order valence-electron chi connectivity index (χ0n) is 18.8. The lowest BCUT2D eigenvalue weighted by Crippen LogP contribution is -2.36. The predicted molar refractivity (Wildman–Crippen MR) is 126 cm³/mol. The van der Waals surface area contributed by atoms with Crippen LogP contribution < -0.4 is 24.8 Å². The fourth-order valence-corrected chi connectivity index (χ4v) is 3.08. The maximum absolute atomic E-state index is 5.95. The molecule has 0 aliphatic heterocycles. The summed E-state index contributed by atoms with van der Waals surface area (Å²) in [4.78, 5) is 9.09. The van der Waals surface area contributed by atoms with Crippen LogP contribution in [-0.4, -0.2) is 31.7 Å². The quantitative estimate of drug-likeness (QED) is 0.372. The molecule has 0 aliphatic carbocycles. The molecule has 2 N–H and O–H groups in total. The first-order chi connectivity index (χ1) is 15.7. The Labute approximate surface area is 189 Å². The van der Waals surface area contributed by atoms with Gasteiger partial charge in [-0.1, -0.05) is 42.5 Å². The average Bonchev–Trinajstić information content (AvgIpc) is 2.85. The minimum absolute atomic E-state index is 0.471. The van der Waals surface area contributed by atoms with Gasteiger partial charge in [0.25, 0.3) is 0 Å². The highest BCUT2D eigenvalue weighted by Crippen LogP contribution is 2.27. The van der Waals surface area contributed by atoms with Crippen LogP contribution in [0.5, 0.6) is 17.4 Å². The smallest absolute Gasteiger partial charge is 0.218 e. The molecule has 7 nitrogen and oxygen atoms in total. The van der Waals surface area contributed by atoms with Crippen LogP contribution >= 0.6 is 0 Å². The second-order valence-electron chi connectivity index (χ2n) is 6.98. The number of hydrogen-bond donors (Lipinski definition) is 2. The molecule has 7 heteroatoms. The number of ether oxygens (including phenoxy) is 3. The normalized spacial score (nSPS) is 11.0. The fraction of sp³-hybridized carbons (Fsp3) is 0.280. The molecule has 1 heterocycles. The van der Waals surface area contributed by atoms with Crippen molar-refractivity contribution >= 4 is 5.96 Å². The molecule has 3 aromatic rings. The SMILES string of the molecule is CCNC(=NCc1ccc(OC)c(OC)c1)NCc1cccnc1OCc1ccccc1. The van der Waals surface area contributed by atoms with E-state index in [1.165, 1.54) is 0 Å². The van der Waals surface area contributed by atoms with E-state index in [-0.39, 0.29) is 0 Å². The Bertz CT molecular complexity index is 1010. The van der Waals surface area contributed by atoms with E-state index in [1.807, 2.05) is 67.6 Å². The molecule has 0 radical (unpaired) electrons. The number of methoxy groups -OCH3 is 2. The van der Waals surface area contributed by atoms with Gasteiger partial charge in [0.15, 0.2) is 17.5 Å². The van der Waals surface area contributed by atoms with Crippen LogP contribution in [0.25, 0.3) is 0 Å². The summed E-state index contributed by atoms with van der Waals surface area (Å²) in [6, 6.07) is 19.7. The van der Waals surface area contributed by atoms with E-state index in [2.05, 4.69) is 20.6 Å². The van der Waals surface area contributed by atoms with Gasteiger partial charge < -0.3 is 24.8 Å². The monoisotopic (exact) mass is 434 g/mol. The fourth-order valence-electron chi connectivity index (χ4n) is 3.08. The summed E-state index contributed by atoms with van der Waals surface area (Å²) in [6.45, 7) is 4.29. The lowest BCUT2D eigenvalue weighted by Gasteiger charge is -2.14. The second kappa shape index (κ2) is 12.2. The Balaban J connectivity index is 1.64. The van der Waals surface area contributed by atoms with E-state index < -0.39 is 0 Å². The molecule has 3 rings (SSSR count). The first-order valence-electron chi connectivity index (χ1n) is 10.6. The van der Waals surface area contributed by atoms with Gasteiger partial charge in [0, 0.05) is 24.8 Å². The molecule has 0 aliphatic rings. The van der Waals surface area contributed by atoms with Gasteiger partial charge in [-0.3, -0.25) is 0 Å². The maximum Gasteiger partial charge on any atom is 0.218 e. The van der Waals surface area contributed by atoms with Gasteiger partial charge in [0.1, 0.15) is 6.61 Å². The highest BCUT2D eigenvalue weighted by molar-refractivity contribution is 5.79. The van der Waals surface area contributed by atoms with Crippen molar-refractivity contribution in [2.24, 2.45) is 4.99 Å². The molecule has 168 valence electrons. The van der Waals surface area contributed by atoms with Gasteiger partial charge in [-0.15, -0.1) is 0 Å². The van der Waals surface area contributed by atoms with Crippen LogP contribution in [0.2, 0.25) is 0 Å². The second-order valence-corrected chi connectivity index (χ2v) is 6.98. The topological polar surface area (TPSA) is 77.0 Å². The highest BCUT2D eigenvalue weighted by atomic mass is 16.5. The molecule has 2 aromatic carbocycles. The van der Waals surface area contributed by atoms with E-state index in [1.54, 1.807) is 20.4 Å². The molecule has 0 saturated heterocycles. The summed E-state index contributed by atoms with van der Waals surface area (Å²) >= 11 is 0. The molecule has 0 bridgehead atoms. The largest absolute Gasteiger partial charge is 0.493 e. The number of pyridine rings is 1. The van der Waals surface area contributed by atoms with Crippen molar-refractivity contribution in [2.75, 3.05) is 20.8 Å². The number of nitrogens with one attached hydrogen (secondary N) is 2. The molecule has 1 aromatic heterocycles. The standard InChI is InChI=1S/C25H30N4O3/c1-4-26-25(28-16-20-12-13-22(30-2)23(15-20)31-3)29-17-21-11-8-14-27-24(21)32-18-19-9-6-5-7-10-19/h5-15H,4,16-18H2,1-3H3,(H2,26,28,29). The van der Waals surface area contributed by atoms with Crippen molar-refractivity contribution in [2.45, 2.75) is 26.6 Å². The first kappa shape index (κ1) is 22.9.